The van der Waals surface area contributed by atoms with Gasteiger partial charge in [0.15, 0.2) is 0 Å². The zero-order valence-electron chi connectivity index (χ0n) is 11.8. The van der Waals surface area contributed by atoms with Crippen LogP contribution in [-0.4, -0.2) is 18.0 Å². The zero-order valence-corrected chi connectivity index (χ0v) is 11.8. The van der Waals surface area contributed by atoms with Gasteiger partial charge in [-0.15, -0.1) is 0 Å². The summed E-state index contributed by atoms with van der Waals surface area (Å²) in [7, 11) is 0. The molecule has 0 unspecified atom stereocenters. The first-order valence-electron chi connectivity index (χ1n) is 6.88. The van der Waals surface area contributed by atoms with Gasteiger partial charge < -0.3 is 5.73 Å². The Labute approximate surface area is 124 Å². The number of rotatable bonds is 6. The summed E-state index contributed by atoms with van der Waals surface area (Å²) in [6, 6.07) is 16.5. The fraction of sp³-hybridized carbons (Fsp3) is 0.235. The van der Waals surface area contributed by atoms with Crippen LogP contribution in [0, 0.1) is 17.1 Å². The first-order chi connectivity index (χ1) is 10.2. The van der Waals surface area contributed by atoms with Crippen LogP contribution in [0.25, 0.3) is 0 Å². The van der Waals surface area contributed by atoms with Gasteiger partial charge in [-0.1, -0.05) is 36.4 Å². The van der Waals surface area contributed by atoms with Gasteiger partial charge in [-0.3, -0.25) is 4.90 Å². The maximum Gasteiger partial charge on any atom is 0.124 e. The van der Waals surface area contributed by atoms with Gasteiger partial charge in [-0.05, 0) is 23.3 Å². The lowest BCUT2D eigenvalue weighted by Crippen LogP contribution is -2.29. The van der Waals surface area contributed by atoms with Gasteiger partial charge in [0, 0.05) is 26.2 Å². The molecule has 108 valence electrons. The van der Waals surface area contributed by atoms with Crippen molar-refractivity contribution in [3.63, 3.8) is 0 Å². The van der Waals surface area contributed by atoms with Crippen LogP contribution >= 0.6 is 0 Å². The van der Waals surface area contributed by atoms with E-state index in [0.717, 1.165) is 18.7 Å². The van der Waals surface area contributed by atoms with Crippen molar-refractivity contribution >= 4 is 0 Å². The predicted octanol–water partition coefficient (Wildman–Crippen LogP) is 2.66. The minimum Gasteiger partial charge on any atom is -0.329 e. The smallest absolute Gasteiger partial charge is 0.124 e. The highest BCUT2D eigenvalue weighted by atomic mass is 19.1. The zero-order chi connectivity index (χ0) is 15.1. The van der Waals surface area contributed by atoms with Crippen LogP contribution in [0.1, 0.15) is 16.7 Å². The Morgan fingerprint density at radius 1 is 1.10 bits per heavy atom. The minimum atomic E-state index is -0.385. The Hall–Kier alpha value is -2.22. The van der Waals surface area contributed by atoms with Gasteiger partial charge >= 0.3 is 0 Å². The van der Waals surface area contributed by atoms with Crippen LogP contribution in [0.2, 0.25) is 0 Å². The number of hydrogen-bond donors (Lipinski definition) is 1. The molecular weight excluding hydrogens is 265 g/mol. The largest absolute Gasteiger partial charge is 0.329 e. The monoisotopic (exact) mass is 283 g/mol. The summed E-state index contributed by atoms with van der Waals surface area (Å²) in [6.45, 7) is 2.59. The van der Waals surface area contributed by atoms with Crippen LogP contribution in [0.15, 0.2) is 48.5 Å². The van der Waals surface area contributed by atoms with E-state index in [4.69, 9.17) is 11.0 Å². The molecule has 0 aliphatic rings. The van der Waals surface area contributed by atoms with Crippen LogP contribution in [0.5, 0.6) is 0 Å². The molecule has 2 N–H and O–H groups in total. The number of nitriles is 1. The molecule has 0 spiro atoms. The molecule has 2 rings (SSSR count). The van der Waals surface area contributed by atoms with Gasteiger partial charge in [0.25, 0.3) is 0 Å². The highest BCUT2D eigenvalue weighted by Gasteiger charge is 2.10. The normalized spacial score (nSPS) is 10.6. The average Bonchev–Trinajstić information content (AvgIpc) is 2.50. The van der Waals surface area contributed by atoms with Crippen molar-refractivity contribution in [1.82, 2.24) is 4.90 Å². The fourth-order valence-electron chi connectivity index (χ4n) is 2.27. The molecule has 3 nitrogen and oxygen atoms in total. The van der Waals surface area contributed by atoms with Gasteiger partial charge in [-0.2, -0.15) is 5.26 Å². The Morgan fingerprint density at radius 3 is 2.52 bits per heavy atom. The van der Waals surface area contributed by atoms with Crippen LogP contribution < -0.4 is 5.73 Å². The van der Waals surface area contributed by atoms with E-state index in [-0.39, 0.29) is 5.82 Å². The first kappa shape index (κ1) is 15.2. The number of nitrogens with zero attached hydrogens (tertiary/aromatic N) is 2. The Bertz CT molecular complexity index is 620. The van der Waals surface area contributed by atoms with E-state index in [1.165, 1.54) is 17.7 Å². The molecule has 0 aliphatic carbocycles. The quantitative estimate of drug-likeness (QED) is 0.886. The second-order valence-corrected chi connectivity index (χ2v) is 4.90. The standard InChI is InChI=1S/C17H18FN3/c18-17-7-6-15(16(10-17)11-20)13-21(9-8-19)12-14-4-2-1-3-5-14/h1-7,10H,8-9,12-13,19H2. The Kier molecular flexibility index (Phi) is 5.44. The predicted molar refractivity (Wildman–Crippen MR) is 80.7 cm³/mol. The van der Waals surface area contributed by atoms with E-state index in [0.29, 0.717) is 18.7 Å². The van der Waals surface area contributed by atoms with Crippen LogP contribution in [0.4, 0.5) is 4.39 Å². The number of halogens is 1. The van der Waals surface area contributed by atoms with Gasteiger partial charge in [0.1, 0.15) is 5.82 Å². The van der Waals surface area contributed by atoms with Crippen LogP contribution in [-0.2, 0) is 13.1 Å². The van der Waals surface area contributed by atoms with Crippen molar-refractivity contribution in [2.75, 3.05) is 13.1 Å². The molecule has 0 saturated heterocycles. The lowest BCUT2D eigenvalue weighted by atomic mass is 10.1. The van der Waals surface area contributed by atoms with Gasteiger partial charge in [0.05, 0.1) is 11.6 Å². The maximum atomic E-state index is 13.2. The lowest BCUT2D eigenvalue weighted by molar-refractivity contribution is 0.264. The molecule has 0 radical (unpaired) electrons. The lowest BCUT2D eigenvalue weighted by Gasteiger charge is -2.22. The number of nitrogens with two attached hydrogens (primary N) is 1. The SMILES string of the molecule is N#Cc1cc(F)ccc1CN(CCN)Cc1ccccc1. The van der Waals surface area contributed by atoms with E-state index in [9.17, 15) is 4.39 Å². The van der Waals surface area contributed by atoms with Gasteiger partial charge in [0.2, 0.25) is 0 Å². The van der Waals surface area contributed by atoms with Crippen LogP contribution in [0.3, 0.4) is 0 Å². The summed E-state index contributed by atoms with van der Waals surface area (Å²) in [5.41, 5.74) is 8.05. The second kappa shape index (κ2) is 7.53. The summed E-state index contributed by atoms with van der Waals surface area (Å²) in [5, 5.41) is 9.12. The summed E-state index contributed by atoms with van der Waals surface area (Å²) in [5.74, 6) is -0.385. The molecule has 0 aliphatic heterocycles. The van der Waals surface area contributed by atoms with E-state index in [2.05, 4.69) is 17.0 Å². The highest BCUT2D eigenvalue weighted by Crippen LogP contribution is 2.15. The summed E-state index contributed by atoms with van der Waals surface area (Å²) in [4.78, 5) is 2.16. The molecule has 0 heterocycles. The molecule has 0 fully saturated rings. The van der Waals surface area contributed by atoms with E-state index in [1.54, 1.807) is 6.07 Å². The highest BCUT2D eigenvalue weighted by molar-refractivity contribution is 5.37. The Morgan fingerprint density at radius 2 is 1.86 bits per heavy atom. The molecule has 0 aromatic heterocycles. The van der Waals surface area contributed by atoms with Crippen molar-refractivity contribution in [2.45, 2.75) is 13.1 Å². The van der Waals surface area contributed by atoms with Crippen molar-refractivity contribution in [3.05, 3.63) is 71.0 Å². The molecule has 2 aromatic rings. The van der Waals surface area contributed by atoms with E-state index >= 15 is 0 Å². The second-order valence-electron chi connectivity index (χ2n) is 4.90. The molecule has 0 amide bonds. The third kappa shape index (κ3) is 4.38. The maximum absolute atomic E-state index is 13.2. The Balaban J connectivity index is 2.15. The molecule has 4 heteroatoms. The summed E-state index contributed by atoms with van der Waals surface area (Å²) >= 11 is 0. The summed E-state index contributed by atoms with van der Waals surface area (Å²) < 4.78 is 13.2. The average molecular weight is 283 g/mol. The molecular formula is C17H18FN3. The molecule has 0 bridgehead atoms. The van der Waals surface area contributed by atoms with Crippen molar-refractivity contribution < 1.29 is 4.39 Å². The van der Waals surface area contributed by atoms with E-state index in [1.807, 2.05) is 24.3 Å². The number of hydrogen-bond acceptors (Lipinski definition) is 3. The minimum absolute atomic E-state index is 0.380. The van der Waals surface area contributed by atoms with E-state index < -0.39 is 0 Å². The summed E-state index contributed by atoms with van der Waals surface area (Å²) in [6.07, 6.45) is 0. The van der Waals surface area contributed by atoms with Crippen molar-refractivity contribution in [3.8, 4) is 6.07 Å². The van der Waals surface area contributed by atoms with Gasteiger partial charge in [-0.25, -0.2) is 4.39 Å². The third-order valence-corrected chi connectivity index (χ3v) is 3.28. The molecule has 0 saturated carbocycles. The number of benzene rings is 2. The van der Waals surface area contributed by atoms with Crippen molar-refractivity contribution in [2.24, 2.45) is 5.73 Å². The van der Waals surface area contributed by atoms with Crippen molar-refractivity contribution in [1.29, 1.82) is 5.26 Å². The first-order valence-corrected chi connectivity index (χ1v) is 6.88. The molecule has 21 heavy (non-hydrogen) atoms. The molecule has 2 aromatic carbocycles. The fourth-order valence-corrected chi connectivity index (χ4v) is 2.27. The topological polar surface area (TPSA) is 53.0 Å². The molecule has 0 atom stereocenters. The third-order valence-electron chi connectivity index (χ3n) is 3.28.